The van der Waals surface area contributed by atoms with Crippen LogP contribution in [0, 0.1) is 0 Å². The third kappa shape index (κ3) is 2.49. The van der Waals surface area contributed by atoms with E-state index < -0.39 is 0 Å². The summed E-state index contributed by atoms with van der Waals surface area (Å²) in [6.45, 7) is 0.716. The van der Waals surface area contributed by atoms with Crippen molar-refractivity contribution in [2.75, 3.05) is 17.7 Å². The Morgan fingerprint density at radius 1 is 1.30 bits per heavy atom. The molecule has 2 N–H and O–H groups in total. The van der Waals surface area contributed by atoms with Gasteiger partial charge in [0.2, 0.25) is 0 Å². The molecule has 0 aliphatic carbocycles. The Kier molecular flexibility index (Phi) is 3.36. The molecule has 4 nitrogen and oxygen atoms in total. The van der Waals surface area contributed by atoms with Gasteiger partial charge < -0.3 is 15.0 Å². The number of hydrogen-bond acceptors (Lipinski definition) is 3. The molecule has 5 heteroatoms. The molecule has 0 aliphatic heterocycles. The quantitative estimate of drug-likeness (QED) is 0.749. The van der Waals surface area contributed by atoms with Gasteiger partial charge in [0.05, 0.1) is 23.6 Å². The average molecular weight is 331 g/mol. The van der Waals surface area contributed by atoms with Crippen LogP contribution in [0.2, 0.25) is 0 Å². The first kappa shape index (κ1) is 13.0. The van der Waals surface area contributed by atoms with Crippen molar-refractivity contribution in [1.82, 2.24) is 9.38 Å². The van der Waals surface area contributed by atoms with Crippen LogP contribution < -0.4 is 10.6 Å². The molecule has 0 spiro atoms. The van der Waals surface area contributed by atoms with Gasteiger partial charge in [-0.15, -0.1) is 0 Å². The minimum atomic E-state index is 0.716. The third-order valence-electron chi connectivity index (χ3n) is 3.21. The highest BCUT2D eigenvalue weighted by Crippen LogP contribution is 2.26. The van der Waals surface area contributed by atoms with Crippen molar-refractivity contribution in [3.63, 3.8) is 0 Å². The van der Waals surface area contributed by atoms with E-state index in [2.05, 4.69) is 25.8 Å². The molecule has 0 unspecified atom stereocenters. The third-order valence-corrected chi connectivity index (χ3v) is 3.71. The summed E-state index contributed by atoms with van der Waals surface area (Å²) in [6, 6.07) is 11.9. The van der Waals surface area contributed by atoms with Crippen LogP contribution in [0.15, 0.2) is 53.3 Å². The van der Waals surface area contributed by atoms with E-state index in [4.69, 9.17) is 5.73 Å². The van der Waals surface area contributed by atoms with Crippen molar-refractivity contribution in [3.8, 4) is 0 Å². The SMILES string of the molecule is CN(Cc1cn2ccccc2n1)c1ccc(Br)cc1N. The number of nitrogens with two attached hydrogens (primary N) is 1. The number of fused-ring (bicyclic) bond motifs is 1. The van der Waals surface area contributed by atoms with E-state index in [-0.39, 0.29) is 0 Å². The Bertz CT molecular complexity index is 717. The van der Waals surface area contributed by atoms with Gasteiger partial charge in [-0.1, -0.05) is 22.0 Å². The van der Waals surface area contributed by atoms with Crippen molar-refractivity contribution >= 4 is 33.0 Å². The molecule has 0 atom stereocenters. The molecule has 2 aromatic heterocycles. The lowest BCUT2D eigenvalue weighted by atomic mass is 10.2. The summed E-state index contributed by atoms with van der Waals surface area (Å²) in [5.41, 5.74) is 9.79. The number of pyridine rings is 1. The fraction of sp³-hybridized carbons (Fsp3) is 0.133. The normalized spacial score (nSPS) is 10.9. The summed E-state index contributed by atoms with van der Waals surface area (Å²) in [5, 5.41) is 0. The number of anilines is 2. The van der Waals surface area contributed by atoms with Gasteiger partial charge in [0.15, 0.2) is 0 Å². The van der Waals surface area contributed by atoms with Gasteiger partial charge in [-0.3, -0.25) is 0 Å². The summed E-state index contributed by atoms with van der Waals surface area (Å²) in [6.07, 6.45) is 4.04. The van der Waals surface area contributed by atoms with Gasteiger partial charge in [-0.2, -0.15) is 0 Å². The molecule has 0 bridgehead atoms. The molecule has 102 valence electrons. The summed E-state index contributed by atoms with van der Waals surface area (Å²) in [7, 11) is 2.02. The Hall–Kier alpha value is -2.01. The minimum absolute atomic E-state index is 0.716. The van der Waals surface area contributed by atoms with Crippen LogP contribution in [0.1, 0.15) is 5.69 Å². The number of imidazole rings is 1. The number of nitrogen functional groups attached to an aromatic ring is 1. The lowest BCUT2D eigenvalue weighted by Gasteiger charge is -2.20. The molecule has 0 saturated heterocycles. The van der Waals surface area contributed by atoms with Crippen LogP contribution in [0.25, 0.3) is 5.65 Å². The van der Waals surface area contributed by atoms with E-state index in [0.717, 1.165) is 27.2 Å². The maximum atomic E-state index is 6.05. The molecule has 0 radical (unpaired) electrons. The minimum Gasteiger partial charge on any atom is -0.397 e. The van der Waals surface area contributed by atoms with Crippen molar-refractivity contribution < 1.29 is 0 Å². The second-order valence-electron chi connectivity index (χ2n) is 4.76. The Morgan fingerprint density at radius 2 is 2.15 bits per heavy atom. The van der Waals surface area contributed by atoms with Gasteiger partial charge in [0.25, 0.3) is 0 Å². The van der Waals surface area contributed by atoms with E-state index in [0.29, 0.717) is 6.54 Å². The first-order valence-corrected chi connectivity index (χ1v) is 7.11. The zero-order chi connectivity index (χ0) is 14.1. The second kappa shape index (κ2) is 5.17. The standard InChI is InChI=1S/C15H15BrN4/c1-19(14-6-5-11(16)8-13(14)17)9-12-10-20-7-3-2-4-15(20)18-12/h2-8,10H,9,17H2,1H3. The van der Waals surface area contributed by atoms with Gasteiger partial charge in [0.1, 0.15) is 5.65 Å². The van der Waals surface area contributed by atoms with Crippen molar-refractivity contribution in [2.45, 2.75) is 6.54 Å². The predicted octanol–water partition coefficient (Wildman–Crippen LogP) is 3.32. The molecule has 0 aliphatic rings. The smallest absolute Gasteiger partial charge is 0.137 e. The largest absolute Gasteiger partial charge is 0.397 e. The van der Waals surface area contributed by atoms with Crippen molar-refractivity contribution in [2.24, 2.45) is 0 Å². The highest BCUT2D eigenvalue weighted by molar-refractivity contribution is 9.10. The van der Waals surface area contributed by atoms with Crippen molar-refractivity contribution in [3.05, 3.63) is 59.0 Å². The maximum absolute atomic E-state index is 6.05. The number of halogens is 1. The van der Waals surface area contributed by atoms with E-state index in [1.165, 1.54) is 0 Å². The van der Waals surface area contributed by atoms with E-state index in [9.17, 15) is 0 Å². The van der Waals surface area contributed by atoms with Crippen LogP contribution in [-0.4, -0.2) is 16.4 Å². The highest BCUT2D eigenvalue weighted by Gasteiger charge is 2.09. The molecule has 20 heavy (non-hydrogen) atoms. The first-order chi connectivity index (χ1) is 9.63. The fourth-order valence-electron chi connectivity index (χ4n) is 2.26. The highest BCUT2D eigenvalue weighted by atomic mass is 79.9. The predicted molar refractivity (Wildman–Crippen MR) is 85.9 cm³/mol. The number of hydrogen-bond donors (Lipinski definition) is 1. The first-order valence-electron chi connectivity index (χ1n) is 6.32. The monoisotopic (exact) mass is 330 g/mol. The van der Waals surface area contributed by atoms with Crippen LogP contribution >= 0.6 is 15.9 Å². The molecule has 3 aromatic rings. The number of nitrogens with zero attached hydrogens (tertiary/aromatic N) is 3. The van der Waals surface area contributed by atoms with E-state index in [1.54, 1.807) is 0 Å². The average Bonchev–Trinajstić information content (AvgIpc) is 2.80. The Morgan fingerprint density at radius 3 is 2.90 bits per heavy atom. The number of aromatic nitrogens is 2. The van der Waals surface area contributed by atoms with Crippen molar-refractivity contribution in [1.29, 1.82) is 0 Å². The van der Waals surface area contributed by atoms with Crippen LogP contribution in [0.4, 0.5) is 11.4 Å². The molecular weight excluding hydrogens is 316 g/mol. The Balaban J connectivity index is 1.86. The molecular formula is C15H15BrN4. The van der Waals surface area contributed by atoms with Crippen LogP contribution in [0.5, 0.6) is 0 Å². The zero-order valence-corrected chi connectivity index (χ0v) is 12.7. The van der Waals surface area contributed by atoms with Crippen LogP contribution in [0.3, 0.4) is 0 Å². The van der Waals surface area contributed by atoms with Gasteiger partial charge >= 0.3 is 0 Å². The topological polar surface area (TPSA) is 46.6 Å². The van der Waals surface area contributed by atoms with Gasteiger partial charge in [0, 0.05) is 23.9 Å². The molecule has 0 amide bonds. The number of benzene rings is 1. The van der Waals surface area contributed by atoms with E-state index >= 15 is 0 Å². The Labute approximate surface area is 126 Å². The summed E-state index contributed by atoms with van der Waals surface area (Å²) >= 11 is 3.42. The molecule has 1 aromatic carbocycles. The molecule has 2 heterocycles. The molecule has 3 rings (SSSR count). The number of rotatable bonds is 3. The summed E-state index contributed by atoms with van der Waals surface area (Å²) in [4.78, 5) is 6.70. The summed E-state index contributed by atoms with van der Waals surface area (Å²) in [5.74, 6) is 0. The van der Waals surface area contributed by atoms with Gasteiger partial charge in [-0.05, 0) is 30.3 Å². The molecule has 0 saturated carbocycles. The van der Waals surface area contributed by atoms with Gasteiger partial charge in [-0.25, -0.2) is 4.98 Å². The van der Waals surface area contributed by atoms with E-state index in [1.807, 2.05) is 60.2 Å². The fourth-order valence-corrected chi connectivity index (χ4v) is 2.64. The second-order valence-corrected chi connectivity index (χ2v) is 5.67. The molecule has 0 fully saturated rings. The maximum Gasteiger partial charge on any atom is 0.137 e. The lowest BCUT2D eigenvalue weighted by molar-refractivity contribution is 0.897. The van der Waals surface area contributed by atoms with Crippen LogP contribution in [-0.2, 0) is 6.54 Å². The summed E-state index contributed by atoms with van der Waals surface area (Å²) < 4.78 is 3.01. The zero-order valence-electron chi connectivity index (χ0n) is 11.1. The lowest BCUT2D eigenvalue weighted by Crippen LogP contribution is -2.17.